The topological polar surface area (TPSA) is 170 Å². The minimum atomic E-state index is -1.65. The highest BCUT2D eigenvalue weighted by molar-refractivity contribution is 6.62. The van der Waals surface area contributed by atoms with Crippen LogP contribution in [0.4, 0.5) is 5.82 Å². The molecule has 1 saturated heterocycles. The van der Waals surface area contributed by atoms with Gasteiger partial charge in [-0.2, -0.15) is 0 Å². The Hall–Kier alpha value is -3.51. The molecule has 0 atom stereocenters. The zero-order valence-corrected chi connectivity index (χ0v) is 19.1. The SMILES string of the molecule is COc1cc(B2OC(C)(C)C(C)(C)O2)cc(OC)c1-c1c(C(=O)O)c(N)[nH]c(=O)c1C(=O)O. The molecule has 11 nitrogen and oxygen atoms in total. The van der Waals surface area contributed by atoms with Crippen molar-refractivity contribution in [2.75, 3.05) is 20.0 Å². The molecular formula is C21H25BN2O9. The van der Waals surface area contributed by atoms with Crippen LogP contribution in [0, 0.1) is 0 Å². The number of rotatable bonds is 6. The van der Waals surface area contributed by atoms with E-state index >= 15 is 0 Å². The van der Waals surface area contributed by atoms with Crippen molar-refractivity contribution in [2.24, 2.45) is 0 Å². The van der Waals surface area contributed by atoms with E-state index in [1.54, 1.807) is 0 Å². The molecule has 2 heterocycles. The highest BCUT2D eigenvalue weighted by atomic mass is 16.7. The summed E-state index contributed by atoms with van der Waals surface area (Å²) in [6, 6.07) is 3.02. The summed E-state index contributed by atoms with van der Waals surface area (Å²) in [6.07, 6.45) is 0. The normalized spacial score (nSPS) is 16.5. The number of nitrogen functional groups attached to an aromatic ring is 1. The van der Waals surface area contributed by atoms with Crippen molar-refractivity contribution < 1.29 is 38.6 Å². The van der Waals surface area contributed by atoms with E-state index in [2.05, 4.69) is 4.98 Å². The maximum absolute atomic E-state index is 12.4. The fraction of sp³-hybridized carbons (Fsp3) is 0.381. The third-order valence-electron chi connectivity index (χ3n) is 5.98. The van der Waals surface area contributed by atoms with Crippen molar-refractivity contribution in [3.8, 4) is 22.6 Å². The Morgan fingerprint density at radius 1 is 0.939 bits per heavy atom. The monoisotopic (exact) mass is 460 g/mol. The van der Waals surface area contributed by atoms with Crippen LogP contribution < -0.4 is 26.2 Å². The molecule has 12 heteroatoms. The van der Waals surface area contributed by atoms with Crippen molar-refractivity contribution >= 4 is 30.3 Å². The average Bonchev–Trinajstić information content (AvgIpc) is 2.92. The number of anilines is 1. The van der Waals surface area contributed by atoms with E-state index in [4.69, 9.17) is 24.5 Å². The minimum Gasteiger partial charge on any atom is -0.496 e. The molecule has 1 aromatic carbocycles. The molecule has 1 aliphatic heterocycles. The largest absolute Gasteiger partial charge is 0.496 e. The summed E-state index contributed by atoms with van der Waals surface area (Å²) < 4.78 is 23.1. The van der Waals surface area contributed by atoms with E-state index in [9.17, 15) is 24.6 Å². The van der Waals surface area contributed by atoms with E-state index in [-0.39, 0.29) is 17.1 Å². The number of aromatic amines is 1. The van der Waals surface area contributed by atoms with Crippen molar-refractivity contribution in [1.29, 1.82) is 0 Å². The summed E-state index contributed by atoms with van der Waals surface area (Å²) in [7, 11) is 1.81. The van der Waals surface area contributed by atoms with Gasteiger partial charge in [-0.25, -0.2) is 9.59 Å². The van der Waals surface area contributed by atoms with Crippen LogP contribution in [0.15, 0.2) is 16.9 Å². The third kappa shape index (κ3) is 3.91. The predicted octanol–water partition coefficient (Wildman–Crippen LogP) is 1.34. The smallest absolute Gasteiger partial charge is 0.495 e. The molecule has 1 aliphatic rings. The number of H-pyrrole nitrogens is 1. The lowest BCUT2D eigenvalue weighted by Gasteiger charge is -2.32. The third-order valence-corrected chi connectivity index (χ3v) is 5.98. The van der Waals surface area contributed by atoms with Gasteiger partial charge in [0.25, 0.3) is 5.56 Å². The van der Waals surface area contributed by atoms with Gasteiger partial charge >= 0.3 is 19.1 Å². The van der Waals surface area contributed by atoms with Gasteiger partial charge < -0.3 is 39.7 Å². The standard InChI is InChI=1S/C21H25BN2O9/c1-20(2)21(3,4)33-22(32-20)9-7-10(30-5)12(11(8-9)31-6)13-14(18(26)27)16(23)24-17(25)15(13)19(28)29/h7-8H,1-6H3,(H,26,27)(H,28,29)(H3,23,24,25). The molecule has 5 N–H and O–H groups in total. The van der Waals surface area contributed by atoms with Crippen LogP contribution >= 0.6 is 0 Å². The number of aromatic nitrogens is 1. The molecule has 0 bridgehead atoms. The predicted molar refractivity (Wildman–Crippen MR) is 120 cm³/mol. The van der Waals surface area contributed by atoms with Crippen molar-refractivity contribution in [1.82, 2.24) is 4.98 Å². The fourth-order valence-electron chi connectivity index (χ4n) is 3.59. The fourth-order valence-corrected chi connectivity index (χ4v) is 3.59. The second-order valence-corrected chi connectivity index (χ2v) is 8.49. The Morgan fingerprint density at radius 2 is 1.39 bits per heavy atom. The van der Waals surface area contributed by atoms with E-state index in [1.807, 2.05) is 27.7 Å². The number of carboxylic acid groups (broad SMARTS) is 2. The number of carbonyl (C=O) groups is 2. The number of nitrogens with one attached hydrogen (secondary N) is 1. The Labute approximate surface area is 189 Å². The first-order valence-electron chi connectivity index (χ1n) is 9.90. The second kappa shape index (κ2) is 8.12. The molecule has 0 saturated carbocycles. The number of benzene rings is 1. The number of pyridine rings is 1. The number of hydrogen-bond donors (Lipinski definition) is 4. The Morgan fingerprint density at radius 3 is 1.79 bits per heavy atom. The minimum absolute atomic E-state index is 0.0362. The van der Waals surface area contributed by atoms with E-state index in [0.717, 1.165) is 0 Å². The van der Waals surface area contributed by atoms with Crippen molar-refractivity contribution in [3.05, 3.63) is 33.6 Å². The summed E-state index contributed by atoms with van der Waals surface area (Å²) in [5.74, 6) is -3.62. The molecular weight excluding hydrogens is 435 g/mol. The van der Waals surface area contributed by atoms with E-state index in [0.29, 0.717) is 5.46 Å². The molecule has 0 aliphatic carbocycles. The molecule has 176 valence electrons. The van der Waals surface area contributed by atoms with Gasteiger partial charge in [0, 0.05) is 5.56 Å². The summed E-state index contributed by atoms with van der Waals surface area (Å²) in [5, 5.41) is 19.5. The maximum atomic E-state index is 12.4. The van der Waals surface area contributed by atoms with E-state index < -0.39 is 58.3 Å². The lowest BCUT2D eigenvalue weighted by molar-refractivity contribution is 0.00578. The van der Waals surface area contributed by atoms with Crippen LogP contribution in [0.1, 0.15) is 48.4 Å². The molecule has 0 amide bonds. The zero-order valence-electron chi connectivity index (χ0n) is 19.1. The lowest BCUT2D eigenvalue weighted by atomic mass is 9.77. The van der Waals surface area contributed by atoms with E-state index in [1.165, 1.54) is 26.4 Å². The Kier molecular flexibility index (Phi) is 5.94. The number of methoxy groups -OCH3 is 2. The number of aromatic carboxylic acids is 2. The van der Waals surface area contributed by atoms with Crippen LogP contribution in [-0.4, -0.2) is 59.7 Å². The molecule has 1 aromatic heterocycles. The summed E-state index contributed by atoms with van der Waals surface area (Å²) in [4.78, 5) is 38.5. The van der Waals surface area contributed by atoms with Gasteiger partial charge in [0.2, 0.25) is 0 Å². The quantitative estimate of drug-likeness (QED) is 0.461. The highest BCUT2D eigenvalue weighted by Crippen LogP contribution is 2.43. The highest BCUT2D eigenvalue weighted by Gasteiger charge is 2.52. The van der Waals surface area contributed by atoms with Gasteiger partial charge in [0.05, 0.1) is 31.0 Å². The summed E-state index contributed by atoms with van der Waals surface area (Å²) in [6.45, 7) is 7.53. The molecule has 0 spiro atoms. The zero-order chi connectivity index (χ0) is 24.9. The van der Waals surface area contributed by atoms with Gasteiger partial charge in [-0.1, -0.05) is 0 Å². The van der Waals surface area contributed by atoms with Gasteiger partial charge in [-0.05, 0) is 45.3 Å². The maximum Gasteiger partial charge on any atom is 0.495 e. The van der Waals surface area contributed by atoms with Crippen LogP contribution in [-0.2, 0) is 9.31 Å². The molecule has 3 rings (SSSR count). The first-order valence-corrected chi connectivity index (χ1v) is 9.90. The van der Waals surface area contributed by atoms with Crippen LogP contribution in [0.25, 0.3) is 11.1 Å². The van der Waals surface area contributed by atoms with Gasteiger partial charge in [-0.3, -0.25) is 4.79 Å². The van der Waals surface area contributed by atoms with Gasteiger partial charge in [0.1, 0.15) is 28.4 Å². The lowest BCUT2D eigenvalue weighted by Crippen LogP contribution is -2.41. The first-order chi connectivity index (χ1) is 15.3. The summed E-state index contributed by atoms with van der Waals surface area (Å²) in [5.41, 5.74) is 1.97. The van der Waals surface area contributed by atoms with Crippen LogP contribution in [0.5, 0.6) is 11.5 Å². The van der Waals surface area contributed by atoms with Crippen molar-refractivity contribution in [3.63, 3.8) is 0 Å². The number of carboxylic acids is 2. The van der Waals surface area contributed by atoms with Gasteiger partial charge in [0.15, 0.2) is 0 Å². The Bertz CT molecular complexity index is 1160. The average molecular weight is 460 g/mol. The molecule has 1 fully saturated rings. The van der Waals surface area contributed by atoms with Gasteiger partial charge in [-0.15, -0.1) is 0 Å². The molecule has 33 heavy (non-hydrogen) atoms. The van der Waals surface area contributed by atoms with Crippen LogP contribution in [0.3, 0.4) is 0 Å². The number of ether oxygens (including phenoxy) is 2. The Balaban J connectivity index is 2.36. The molecule has 0 unspecified atom stereocenters. The number of nitrogens with two attached hydrogens (primary N) is 1. The van der Waals surface area contributed by atoms with Crippen molar-refractivity contribution in [2.45, 2.75) is 38.9 Å². The summed E-state index contributed by atoms with van der Waals surface area (Å²) >= 11 is 0. The second-order valence-electron chi connectivity index (χ2n) is 8.49. The first kappa shape index (κ1) is 24.1. The number of hydrogen-bond acceptors (Lipinski definition) is 8. The van der Waals surface area contributed by atoms with Crippen LogP contribution in [0.2, 0.25) is 0 Å². The molecule has 0 radical (unpaired) electrons. The molecule has 2 aromatic rings.